The molecule has 1 aliphatic rings. The maximum Gasteiger partial charge on any atom is 0.250 e. The van der Waals surface area contributed by atoms with Gasteiger partial charge in [-0.25, -0.2) is 0 Å². The number of nitrogens with one attached hydrogen (secondary N) is 1. The van der Waals surface area contributed by atoms with Crippen LogP contribution in [0, 0.1) is 5.92 Å². The Kier molecular flexibility index (Phi) is 6.00. The molecule has 0 aromatic carbocycles. The molecule has 0 saturated carbocycles. The average Bonchev–Trinajstić information content (AvgIpc) is 2.53. The Morgan fingerprint density at radius 2 is 2.14 bits per heavy atom. The van der Waals surface area contributed by atoms with Crippen molar-refractivity contribution in [3.05, 3.63) is 34.7 Å². The predicted molar refractivity (Wildman–Crippen MR) is 87.6 cm³/mol. The van der Waals surface area contributed by atoms with Crippen LogP contribution in [-0.2, 0) is 6.54 Å². The van der Waals surface area contributed by atoms with Gasteiger partial charge in [-0.3, -0.25) is 9.69 Å². The van der Waals surface area contributed by atoms with Gasteiger partial charge in [-0.15, -0.1) is 0 Å². The second kappa shape index (κ2) is 7.76. The van der Waals surface area contributed by atoms with Gasteiger partial charge >= 0.3 is 0 Å². The van der Waals surface area contributed by atoms with E-state index in [2.05, 4.69) is 31.0 Å². The molecule has 1 fully saturated rings. The van der Waals surface area contributed by atoms with Crippen molar-refractivity contribution in [2.45, 2.75) is 52.2 Å². The Bertz CT molecular complexity index is 485. The third kappa shape index (κ3) is 4.17. The van der Waals surface area contributed by atoms with Crippen molar-refractivity contribution in [3.63, 3.8) is 0 Å². The molecule has 0 amide bonds. The van der Waals surface area contributed by atoms with Gasteiger partial charge in [0.1, 0.15) is 0 Å². The molecule has 1 N–H and O–H groups in total. The Balaban J connectivity index is 2.02. The average molecular weight is 291 g/mol. The molecule has 0 aliphatic carbocycles. The van der Waals surface area contributed by atoms with Gasteiger partial charge < -0.3 is 9.88 Å². The quantitative estimate of drug-likeness (QED) is 0.870. The van der Waals surface area contributed by atoms with Crippen molar-refractivity contribution in [2.75, 3.05) is 19.6 Å². The summed E-state index contributed by atoms with van der Waals surface area (Å²) < 4.78 is 1.82. The first-order valence-corrected chi connectivity index (χ1v) is 8.28. The van der Waals surface area contributed by atoms with E-state index in [-0.39, 0.29) is 5.56 Å². The lowest BCUT2D eigenvalue weighted by Crippen LogP contribution is -2.58. The summed E-state index contributed by atoms with van der Waals surface area (Å²) >= 11 is 0. The van der Waals surface area contributed by atoms with Gasteiger partial charge in [0.15, 0.2) is 0 Å². The van der Waals surface area contributed by atoms with E-state index < -0.39 is 0 Å². The molecule has 2 heterocycles. The van der Waals surface area contributed by atoms with Crippen molar-refractivity contribution in [1.29, 1.82) is 0 Å². The zero-order valence-electron chi connectivity index (χ0n) is 13.6. The summed E-state index contributed by atoms with van der Waals surface area (Å²) in [7, 11) is 0. The molecule has 21 heavy (non-hydrogen) atoms. The number of rotatable bonds is 6. The molecule has 3 unspecified atom stereocenters. The lowest BCUT2D eigenvalue weighted by Gasteiger charge is -2.43. The maximum absolute atomic E-state index is 11.8. The van der Waals surface area contributed by atoms with Crippen LogP contribution in [0.25, 0.3) is 0 Å². The van der Waals surface area contributed by atoms with Crippen LogP contribution in [0.4, 0.5) is 0 Å². The van der Waals surface area contributed by atoms with Crippen LogP contribution in [0.1, 0.15) is 33.6 Å². The lowest BCUT2D eigenvalue weighted by atomic mass is 9.94. The van der Waals surface area contributed by atoms with E-state index in [1.54, 1.807) is 12.1 Å². The standard InChI is InChI=1S/C17H29N3O/c1-4-14(3)16-12-18-15(5-2)13-20(16)11-10-19-9-7-6-8-17(19)21/h6-9,14-16,18H,4-5,10-13H2,1-3H3. The van der Waals surface area contributed by atoms with Crippen LogP contribution >= 0.6 is 0 Å². The molecule has 4 heteroatoms. The van der Waals surface area contributed by atoms with Gasteiger partial charge in [0.05, 0.1) is 0 Å². The van der Waals surface area contributed by atoms with Crippen molar-refractivity contribution in [3.8, 4) is 0 Å². The SMILES string of the molecule is CCC1CN(CCn2ccccc2=O)C(C(C)CC)CN1. The normalized spacial score (nSPS) is 24.9. The molecule has 0 spiro atoms. The monoisotopic (exact) mass is 291 g/mol. The zero-order valence-corrected chi connectivity index (χ0v) is 13.6. The maximum atomic E-state index is 11.8. The van der Waals surface area contributed by atoms with Crippen molar-refractivity contribution < 1.29 is 0 Å². The van der Waals surface area contributed by atoms with E-state index in [0.29, 0.717) is 18.0 Å². The van der Waals surface area contributed by atoms with Crippen molar-refractivity contribution >= 4 is 0 Å². The first-order chi connectivity index (χ1) is 10.2. The summed E-state index contributed by atoms with van der Waals surface area (Å²) in [4.78, 5) is 14.4. The summed E-state index contributed by atoms with van der Waals surface area (Å²) in [5, 5.41) is 3.66. The molecule has 1 aromatic heterocycles. The van der Waals surface area contributed by atoms with Crippen LogP contribution in [0.3, 0.4) is 0 Å². The van der Waals surface area contributed by atoms with Crippen LogP contribution in [-0.4, -0.2) is 41.2 Å². The van der Waals surface area contributed by atoms with E-state index in [4.69, 9.17) is 0 Å². The molecule has 0 bridgehead atoms. The van der Waals surface area contributed by atoms with E-state index in [0.717, 1.165) is 32.6 Å². The molecule has 3 atom stereocenters. The summed E-state index contributed by atoms with van der Waals surface area (Å²) in [6, 6.07) is 6.53. The number of nitrogens with zero attached hydrogens (tertiary/aromatic N) is 2. The van der Waals surface area contributed by atoms with Crippen LogP contribution < -0.4 is 10.9 Å². The topological polar surface area (TPSA) is 37.3 Å². The van der Waals surface area contributed by atoms with Crippen molar-refractivity contribution in [1.82, 2.24) is 14.8 Å². The molecule has 0 radical (unpaired) electrons. The Hall–Kier alpha value is -1.13. The Morgan fingerprint density at radius 3 is 2.81 bits per heavy atom. The molecular formula is C17H29N3O. The van der Waals surface area contributed by atoms with E-state index in [1.165, 1.54) is 6.42 Å². The molecule has 4 nitrogen and oxygen atoms in total. The highest BCUT2D eigenvalue weighted by Crippen LogP contribution is 2.18. The third-order valence-electron chi connectivity index (χ3n) is 4.86. The molecule has 118 valence electrons. The fourth-order valence-electron chi connectivity index (χ4n) is 3.14. The first-order valence-electron chi connectivity index (χ1n) is 8.28. The number of pyridine rings is 1. The van der Waals surface area contributed by atoms with Crippen molar-refractivity contribution in [2.24, 2.45) is 5.92 Å². The minimum atomic E-state index is 0.0970. The zero-order chi connectivity index (χ0) is 15.2. The minimum absolute atomic E-state index is 0.0970. The third-order valence-corrected chi connectivity index (χ3v) is 4.86. The fraction of sp³-hybridized carbons (Fsp3) is 0.706. The molecular weight excluding hydrogens is 262 g/mol. The molecule has 1 aliphatic heterocycles. The van der Waals surface area contributed by atoms with Gasteiger partial charge in [-0.05, 0) is 18.4 Å². The van der Waals surface area contributed by atoms with Gasteiger partial charge in [0, 0.05) is 50.5 Å². The van der Waals surface area contributed by atoms with Gasteiger partial charge in [0.25, 0.3) is 5.56 Å². The second-order valence-electron chi connectivity index (χ2n) is 6.19. The summed E-state index contributed by atoms with van der Waals surface area (Å²) in [5.74, 6) is 0.683. The predicted octanol–water partition coefficient (Wildman–Crippen LogP) is 1.95. The van der Waals surface area contributed by atoms with Crippen LogP contribution in [0.15, 0.2) is 29.2 Å². The van der Waals surface area contributed by atoms with Crippen LogP contribution in [0.2, 0.25) is 0 Å². The fourth-order valence-corrected chi connectivity index (χ4v) is 3.14. The second-order valence-corrected chi connectivity index (χ2v) is 6.19. The smallest absolute Gasteiger partial charge is 0.250 e. The summed E-state index contributed by atoms with van der Waals surface area (Å²) in [6.45, 7) is 10.7. The minimum Gasteiger partial charge on any atom is -0.314 e. The van der Waals surface area contributed by atoms with Gasteiger partial charge in [0.2, 0.25) is 0 Å². The Labute approximate surface area is 128 Å². The molecule has 1 aromatic rings. The molecule has 1 saturated heterocycles. The van der Waals surface area contributed by atoms with E-state index >= 15 is 0 Å². The van der Waals surface area contributed by atoms with E-state index in [9.17, 15) is 4.79 Å². The number of aromatic nitrogens is 1. The highest BCUT2D eigenvalue weighted by Gasteiger charge is 2.29. The Morgan fingerprint density at radius 1 is 1.33 bits per heavy atom. The van der Waals surface area contributed by atoms with Gasteiger partial charge in [-0.2, -0.15) is 0 Å². The first kappa shape index (κ1) is 16.2. The van der Waals surface area contributed by atoms with Crippen LogP contribution in [0.5, 0.6) is 0 Å². The highest BCUT2D eigenvalue weighted by atomic mass is 16.1. The number of piperazine rings is 1. The van der Waals surface area contributed by atoms with Gasteiger partial charge in [-0.1, -0.05) is 33.3 Å². The molecule has 2 rings (SSSR count). The number of hydrogen-bond donors (Lipinski definition) is 1. The summed E-state index contributed by atoms with van der Waals surface area (Å²) in [6.07, 6.45) is 4.25. The largest absolute Gasteiger partial charge is 0.314 e. The number of hydrogen-bond acceptors (Lipinski definition) is 3. The van der Waals surface area contributed by atoms with E-state index in [1.807, 2.05) is 16.8 Å². The summed E-state index contributed by atoms with van der Waals surface area (Å²) in [5.41, 5.74) is 0.0970. The lowest BCUT2D eigenvalue weighted by molar-refractivity contribution is 0.0864. The highest BCUT2D eigenvalue weighted by molar-refractivity contribution is 4.94.